The monoisotopic (exact) mass is 520 g/mol. The van der Waals surface area contributed by atoms with Crippen LogP contribution in [0.1, 0.15) is 60.5 Å². The third-order valence-electron chi connectivity index (χ3n) is 6.87. The maximum Gasteiger partial charge on any atom is 0.333 e. The highest BCUT2D eigenvalue weighted by Gasteiger charge is 2.59. The Morgan fingerprint density at radius 1 is 1.40 bits per heavy atom. The fourth-order valence-electron chi connectivity index (χ4n) is 4.90. The predicted molar refractivity (Wildman–Crippen MR) is 126 cm³/mol. The summed E-state index contributed by atoms with van der Waals surface area (Å²) in [5, 5.41) is 13.0. The van der Waals surface area contributed by atoms with Crippen molar-refractivity contribution in [2.24, 2.45) is 16.5 Å². The predicted octanol–water partition coefficient (Wildman–Crippen LogP) is 2.95. The van der Waals surface area contributed by atoms with E-state index in [1.165, 1.54) is 12.5 Å². The van der Waals surface area contributed by atoms with Crippen molar-refractivity contribution in [2.45, 2.75) is 44.8 Å². The second-order valence-corrected chi connectivity index (χ2v) is 10.8. The summed E-state index contributed by atoms with van der Waals surface area (Å²) < 4.78 is 34.5. The van der Waals surface area contributed by atoms with Crippen LogP contribution in [0.2, 0.25) is 5.22 Å². The van der Waals surface area contributed by atoms with E-state index < -0.39 is 10.3 Å². The smallest absolute Gasteiger partial charge is 0.333 e. The van der Waals surface area contributed by atoms with E-state index in [4.69, 9.17) is 25.3 Å². The number of nitrogens with zero attached hydrogens (tertiary/aromatic N) is 4. The molecule has 4 atom stereocenters. The van der Waals surface area contributed by atoms with Crippen LogP contribution in [0.3, 0.4) is 0 Å². The Morgan fingerprint density at radius 3 is 2.97 bits per heavy atom. The number of aromatic nitrogens is 4. The average molecular weight is 521 g/mol. The molecular weight excluding hydrogens is 496 g/mol. The number of carbonyl (C=O) groups excluding carboxylic acids is 1. The van der Waals surface area contributed by atoms with E-state index in [2.05, 4.69) is 20.4 Å². The Bertz CT molecular complexity index is 1360. The number of anilines is 1. The number of hydrogen-bond donors (Lipinski definition) is 2. The SMILES string of the molecule is CC(c1ccc(Cl)o1)n1ccc(C(=O)c2cncnc2NC[C@H]2CC[C@]3(CC3OS(N)(=O)=O)C2)n1. The van der Waals surface area contributed by atoms with Gasteiger partial charge in [-0.1, -0.05) is 0 Å². The largest absolute Gasteiger partial charge is 0.447 e. The molecule has 3 aromatic rings. The summed E-state index contributed by atoms with van der Waals surface area (Å²) in [6.07, 6.45) is 7.55. The van der Waals surface area contributed by atoms with Gasteiger partial charge in [-0.15, -0.1) is 0 Å². The molecule has 5 rings (SSSR count). The van der Waals surface area contributed by atoms with Crippen LogP contribution in [0.15, 0.2) is 41.3 Å². The zero-order chi connectivity index (χ0) is 24.8. The second-order valence-electron chi connectivity index (χ2n) is 9.25. The van der Waals surface area contributed by atoms with E-state index in [-0.39, 0.29) is 34.3 Å². The Balaban J connectivity index is 1.23. The van der Waals surface area contributed by atoms with Crippen molar-refractivity contribution in [3.8, 4) is 0 Å². The molecule has 13 heteroatoms. The van der Waals surface area contributed by atoms with E-state index in [1.54, 1.807) is 29.1 Å². The lowest BCUT2D eigenvalue weighted by Gasteiger charge is -2.14. The van der Waals surface area contributed by atoms with Crippen molar-refractivity contribution >= 4 is 33.5 Å². The first kappa shape index (κ1) is 23.9. The third-order valence-corrected chi connectivity index (χ3v) is 7.57. The van der Waals surface area contributed by atoms with E-state index in [9.17, 15) is 13.2 Å². The summed E-state index contributed by atoms with van der Waals surface area (Å²) in [5.74, 6) is 1.05. The van der Waals surface area contributed by atoms with Crippen LogP contribution in [-0.2, 0) is 14.5 Å². The van der Waals surface area contributed by atoms with Crippen molar-refractivity contribution in [1.82, 2.24) is 19.7 Å². The van der Waals surface area contributed by atoms with Gasteiger partial charge in [-0.25, -0.2) is 15.1 Å². The van der Waals surface area contributed by atoms with Gasteiger partial charge in [-0.2, -0.15) is 13.5 Å². The number of furan rings is 1. The summed E-state index contributed by atoms with van der Waals surface area (Å²) in [6, 6.07) is 4.82. The fraction of sp³-hybridized carbons (Fsp3) is 0.455. The van der Waals surface area contributed by atoms with Crippen molar-refractivity contribution in [1.29, 1.82) is 0 Å². The van der Waals surface area contributed by atoms with Crippen LogP contribution in [0.4, 0.5) is 5.82 Å². The minimum atomic E-state index is -3.95. The molecule has 0 amide bonds. The number of ketones is 1. The molecule has 11 nitrogen and oxygen atoms in total. The van der Waals surface area contributed by atoms with Gasteiger partial charge >= 0.3 is 10.3 Å². The molecule has 0 aromatic carbocycles. The molecule has 0 radical (unpaired) electrons. The molecule has 35 heavy (non-hydrogen) atoms. The molecule has 0 aliphatic heterocycles. The highest BCUT2D eigenvalue weighted by Crippen LogP contribution is 2.61. The van der Waals surface area contributed by atoms with Gasteiger partial charge in [0.05, 0.1) is 11.7 Å². The molecule has 2 fully saturated rings. The molecule has 1 spiro atoms. The normalized spacial score (nSPS) is 24.5. The van der Waals surface area contributed by atoms with Crippen LogP contribution >= 0.6 is 11.6 Å². The molecule has 3 heterocycles. The molecule has 3 aromatic heterocycles. The van der Waals surface area contributed by atoms with Crippen molar-refractivity contribution in [3.05, 3.63) is 59.2 Å². The first-order valence-electron chi connectivity index (χ1n) is 11.2. The highest BCUT2D eigenvalue weighted by molar-refractivity contribution is 7.84. The topological polar surface area (TPSA) is 155 Å². The summed E-state index contributed by atoms with van der Waals surface area (Å²) in [4.78, 5) is 21.5. The lowest BCUT2D eigenvalue weighted by atomic mass is 10.0. The zero-order valence-electron chi connectivity index (χ0n) is 18.9. The first-order valence-corrected chi connectivity index (χ1v) is 13.1. The molecule has 2 saturated carbocycles. The van der Waals surface area contributed by atoms with E-state index in [1.807, 2.05) is 6.92 Å². The lowest BCUT2D eigenvalue weighted by Crippen LogP contribution is -2.20. The minimum Gasteiger partial charge on any atom is -0.447 e. The van der Waals surface area contributed by atoms with Crippen LogP contribution in [-0.4, -0.2) is 46.6 Å². The van der Waals surface area contributed by atoms with Crippen LogP contribution < -0.4 is 10.5 Å². The molecule has 0 bridgehead atoms. The quantitative estimate of drug-likeness (QED) is 0.405. The van der Waals surface area contributed by atoms with Gasteiger partial charge in [0, 0.05) is 24.4 Å². The molecule has 3 N–H and O–H groups in total. The van der Waals surface area contributed by atoms with Crippen LogP contribution in [0.25, 0.3) is 0 Å². The van der Waals surface area contributed by atoms with Gasteiger partial charge in [0.2, 0.25) is 5.78 Å². The second kappa shape index (κ2) is 9.01. The van der Waals surface area contributed by atoms with E-state index in [0.717, 1.165) is 19.3 Å². The summed E-state index contributed by atoms with van der Waals surface area (Å²) in [6.45, 7) is 2.48. The average Bonchev–Trinajstić information content (AvgIpc) is 3.28. The Morgan fingerprint density at radius 2 is 2.23 bits per heavy atom. The number of carbonyl (C=O) groups is 1. The Hall–Kier alpha value is -2.80. The van der Waals surface area contributed by atoms with Gasteiger partial charge in [0.15, 0.2) is 5.22 Å². The van der Waals surface area contributed by atoms with E-state index >= 15 is 0 Å². The van der Waals surface area contributed by atoms with Gasteiger partial charge in [0.25, 0.3) is 0 Å². The molecule has 186 valence electrons. The Kier molecular flexibility index (Phi) is 6.16. The zero-order valence-corrected chi connectivity index (χ0v) is 20.5. The van der Waals surface area contributed by atoms with Crippen molar-refractivity contribution in [3.63, 3.8) is 0 Å². The van der Waals surface area contributed by atoms with E-state index in [0.29, 0.717) is 36.0 Å². The van der Waals surface area contributed by atoms with Crippen LogP contribution in [0.5, 0.6) is 0 Å². The molecular formula is C22H25ClN6O5S. The highest BCUT2D eigenvalue weighted by atomic mass is 35.5. The first-order chi connectivity index (χ1) is 16.6. The maximum absolute atomic E-state index is 13.2. The third kappa shape index (κ3) is 5.10. The van der Waals surface area contributed by atoms with Gasteiger partial charge in [-0.05, 0) is 68.3 Å². The number of halogens is 1. The minimum absolute atomic E-state index is 0.120. The lowest BCUT2D eigenvalue weighted by molar-refractivity contribution is 0.103. The Labute approximate surface area is 207 Å². The van der Waals surface area contributed by atoms with Gasteiger partial charge < -0.3 is 9.73 Å². The number of rotatable bonds is 9. The number of hydrogen-bond acceptors (Lipinski definition) is 9. The molecule has 2 aliphatic rings. The van der Waals surface area contributed by atoms with Crippen LogP contribution in [0, 0.1) is 11.3 Å². The molecule has 0 saturated heterocycles. The molecule has 2 unspecified atom stereocenters. The van der Waals surface area contributed by atoms with Crippen molar-refractivity contribution < 1.29 is 21.8 Å². The molecule has 2 aliphatic carbocycles. The number of nitrogens with two attached hydrogens (primary N) is 1. The van der Waals surface area contributed by atoms with Gasteiger partial charge in [-0.3, -0.25) is 13.7 Å². The van der Waals surface area contributed by atoms with Gasteiger partial charge in [0.1, 0.15) is 29.6 Å². The standard InChI is InChI=1S/C22H25ClN6O5S/c1-13(17-2-3-19(23)33-17)29-7-5-16(28-29)20(30)15-11-25-12-27-21(15)26-10-14-4-6-22(8-14)9-18(22)34-35(24,31)32/h2-3,5,7,11-14,18H,4,6,8-10H2,1H3,(H2,24,31,32)(H,25,26,27)/t13?,14-,18?,22+/m0/s1. The fourth-order valence-corrected chi connectivity index (χ4v) is 5.65. The maximum atomic E-state index is 13.2. The van der Waals surface area contributed by atoms with Crippen molar-refractivity contribution in [2.75, 3.05) is 11.9 Å². The summed E-state index contributed by atoms with van der Waals surface area (Å²) >= 11 is 5.87. The summed E-state index contributed by atoms with van der Waals surface area (Å²) in [7, 11) is -3.95. The summed E-state index contributed by atoms with van der Waals surface area (Å²) in [5.41, 5.74) is 0.458. The number of nitrogens with one attached hydrogen (secondary N) is 1.